The molecule has 3 aromatic carbocycles. The molecule has 1 atom stereocenters. The number of benzene rings is 3. The second-order valence-corrected chi connectivity index (χ2v) is 7.49. The Kier molecular flexibility index (Phi) is 8.08. The molecule has 1 N–H and O–H groups in total. The predicted octanol–water partition coefficient (Wildman–Crippen LogP) is 4.89. The van der Waals surface area contributed by atoms with Crippen LogP contribution in [-0.2, 0) is 9.53 Å². The van der Waals surface area contributed by atoms with Crippen LogP contribution in [0.25, 0.3) is 0 Å². The molecule has 0 bridgehead atoms. The molecule has 0 aromatic heterocycles. The van der Waals surface area contributed by atoms with Crippen LogP contribution in [0.4, 0.5) is 0 Å². The minimum Gasteiger partial charge on any atom is -0.496 e. The Bertz CT molecular complexity index is 1050. The van der Waals surface area contributed by atoms with Crippen molar-refractivity contribution >= 4 is 11.9 Å². The van der Waals surface area contributed by atoms with Crippen molar-refractivity contribution in [2.45, 2.75) is 25.8 Å². The molecule has 1 unspecified atom stereocenters. The van der Waals surface area contributed by atoms with Crippen molar-refractivity contribution in [2.75, 3.05) is 20.8 Å². The molecular weight excluding hydrogens is 418 g/mol. The number of ether oxygens (including phenoxy) is 3. The molecule has 172 valence electrons. The molecule has 0 saturated heterocycles. The van der Waals surface area contributed by atoms with E-state index in [0.717, 1.165) is 16.7 Å². The Morgan fingerprint density at radius 1 is 0.818 bits per heavy atom. The number of esters is 1. The number of methoxy groups -OCH3 is 2. The highest BCUT2D eigenvalue weighted by Crippen LogP contribution is 2.35. The maximum absolute atomic E-state index is 13.3. The van der Waals surface area contributed by atoms with Crippen molar-refractivity contribution in [2.24, 2.45) is 0 Å². The monoisotopic (exact) mass is 447 g/mol. The van der Waals surface area contributed by atoms with Gasteiger partial charge in [0, 0.05) is 11.1 Å². The zero-order valence-electron chi connectivity index (χ0n) is 19.3. The van der Waals surface area contributed by atoms with Crippen LogP contribution in [0.3, 0.4) is 0 Å². The summed E-state index contributed by atoms with van der Waals surface area (Å²) in [6, 6.07) is 21.6. The topological polar surface area (TPSA) is 73.9 Å². The largest absolute Gasteiger partial charge is 0.496 e. The van der Waals surface area contributed by atoms with Gasteiger partial charge in [-0.15, -0.1) is 0 Å². The highest BCUT2D eigenvalue weighted by atomic mass is 16.5. The van der Waals surface area contributed by atoms with E-state index >= 15 is 0 Å². The smallest absolute Gasteiger partial charge is 0.338 e. The van der Waals surface area contributed by atoms with Gasteiger partial charge in [0.1, 0.15) is 11.5 Å². The molecule has 0 saturated carbocycles. The van der Waals surface area contributed by atoms with Crippen LogP contribution in [0.2, 0.25) is 0 Å². The molecular formula is C27H29NO5. The zero-order chi connectivity index (χ0) is 23.8. The van der Waals surface area contributed by atoms with E-state index in [9.17, 15) is 9.59 Å². The summed E-state index contributed by atoms with van der Waals surface area (Å²) >= 11 is 0. The Hall–Kier alpha value is -3.80. The lowest BCUT2D eigenvalue weighted by Crippen LogP contribution is -2.33. The first-order valence-electron chi connectivity index (χ1n) is 10.8. The number of hydrogen-bond acceptors (Lipinski definition) is 5. The molecule has 0 aliphatic heterocycles. The molecule has 0 spiro atoms. The molecule has 0 fully saturated rings. The van der Waals surface area contributed by atoms with E-state index in [-0.39, 0.29) is 11.9 Å². The van der Waals surface area contributed by atoms with E-state index < -0.39 is 12.0 Å². The molecule has 6 heteroatoms. The first-order valence-corrected chi connectivity index (χ1v) is 10.8. The summed E-state index contributed by atoms with van der Waals surface area (Å²) in [7, 11) is 3.21. The predicted molar refractivity (Wildman–Crippen MR) is 127 cm³/mol. The molecule has 1 amide bonds. The second kappa shape index (κ2) is 11.2. The summed E-state index contributed by atoms with van der Waals surface area (Å²) in [4.78, 5) is 25.3. The minimum absolute atomic E-state index is 0.166. The molecule has 0 heterocycles. The summed E-state index contributed by atoms with van der Waals surface area (Å²) in [5.41, 5.74) is 2.89. The highest BCUT2D eigenvalue weighted by Gasteiger charge is 2.26. The van der Waals surface area contributed by atoms with Crippen LogP contribution in [0.5, 0.6) is 11.5 Å². The lowest BCUT2D eigenvalue weighted by Gasteiger charge is -2.25. The van der Waals surface area contributed by atoms with Crippen molar-refractivity contribution < 1.29 is 23.8 Å². The number of para-hydroxylation sites is 2. The van der Waals surface area contributed by atoms with Gasteiger partial charge in [0.25, 0.3) is 0 Å². The number of hydrogen-bond donors (Lipinski definition) is 1. The summed E-state index contributed by atoms with van der Waals surface area (Å²) < 4.78 is 16.2. The van der Waals surface area contributed by atoms with Crippen molar-refractivity contribution in [1.82, 2.24) is 5.32 Å². The Morgan fingerprint density at radius 2 is 1.33 bits per heavy atom. The van der Waals surface area contributed by atoms with E-state index in [4.69, 9.17) is 14.2 Å². The van der Waals surface area contributed by atoms with E-state index in [0.29, 0.717) is 23.7 Å². The van der Waals surface area contributed by atoms with Gasteiger partial charge in [-0.25, -0.2) is 4.79 Å². The molecule has 3 aromatic rings. The van der Waals surface area contributed by atoms with Crippen LogP contribution in [0.1, 0.15) is 52.9 Å². The minimum atomic E-state index is -0.481. The van der Waals surface area contributed by atoms with Gasteiger partial charge in [-0.05, 0) is 43.7 Å². The van der Waals surface area contributed by atoms with Crippen LogP contribution in [0.15, 0.2) is 72.8 Å². The first-order chi connectivity index (χ1) is 16.0. The normalized spacial score (nSPS) is 11.5. The van der Waals surface area contributed by atoms with E-state index in [2.05, 4.69) is 5.32 Å². The van der Waals surface area contributed by atoms with Gasteiger partial charge in [0.2, 0.25) is 5.91 Å². The Balaban J connectivity index is 1.91. The molecule has 6 nitrogen and oxygen atoms in total. The fourth-order valence-corrected chi connectivity index (χ4v) is 3.67. The molecule has 33 heavy (non-hydrogen) atoms. The number of amides is 1. The van der Waals surface area contributed by atoms with Crippen LogP contribution in [-0.4, -0.2) is 32.7 Å². The number of nitrogens with one attached hydrogen (secondary N) is 1. The molecule has 0 aliphatic rings. The lowest BCUT2D eigenvalue weighted by atomic mass is 9.94. The molecule has 0 aliphatic carbocycles. The van der Waals surface area contributed by atoms with Gasteiger partial charge in [0.05, 0.1) is 38.3 Å². The fraction of sp³-hybridized carbons (Fsp3) is 0.259. The Morgan fingerprint density at radius 3 is 1.82 bits per heavy atom. The third-order valence-electron chi connectivity index (χ3n) is 5.50. The standard InChI is InChI=1S/C27H29NO5/c1-5-33-27(30)20-16-14-19(15-17-20)18(2)26(29)28-25(21-10-6-8-12-23(21)31-3)22-11-7-9-13-24(22)32-4/h6-18,25H,5H2,1-4H3,(H,28,29). The third-order valence-corrected chi connectivity index (χ3v) is 5.50. The van der Waals surface area contributed by atoms with Crippen molar-refractivity contribution in [3.8, 4) is 11.5 Å². The molecule has 3 rings (SSSR count). The van der Waals surface area contributed by atoms with Crippen LogP contribution < -0.4 is 14.8 Å². The first kappa shape index (κ1) is 23.9. The van der Waals surface area contributed by atoms with E-state index in [1.54, 1.807) is 45.4 Å². The summed E-state index contributed by atoms with van der Waals surface area (Å²) in [5, 5.41) is 3.16. The Labute approximate surface area is 194 Å². The average Bonchev–Trinajstić information content (AvgIpc) is 2.87. The highest BCUT2D eigenvalue weighted by molar-refractivity contribution is 5.90. The third kappa shape index (κ3) is 5.52. The van der Waals surface area contributed by atoms with Crippen molar-refractivity contribution in [3.05, 3.63) is 95.1 Å². The van der Waals surface area contributed by atoms with Gasteiger partial charge < -0.3 is 19.5 Å². The maximum Gasteiger partial charge on any atom is 0.338 e. The molecule has 0 radical (unpaired) electrons. The van der Waals surface area contributed by atoms with Gasteiger partial charge in [-0.1, -0.05) is 48.5 Å². The summed E-state index contributed by atoms with van der Waals surface area (Å²) in [6.45, 7) is 3.90. The van der Waals surface area contributed by atoms with Gasteiger partial charge in [-0.2, -0.15) is 0 Å². The zero-order valence-corrected chi connectivity index (χ0v) is 19.3. The van der Waals surface area contributed by atoms with Gasteiger partial charge in [-0.3, -0.25) is 4.79 Å². The van der Waals surface area contributed by atoms with E-state index in [1.165, 1.54) is 0 Å². The fourth-order valence-electron chi connectivity index (χ4n) is 3.67. The van der Waals surface area contributed by atoms with Gasteiger partial charge >= 0.3 is 5.97 Å². The quantitative estimate of drug-likeness (QED) is 0.473. The van der Waals surface area contributed by atoms with E-state index in [1.807, 2.05) is 55.5 Å². The van der Waals surface area contributed by atoms with Gasteiger partial charge in [0.15, 0.2) is 0 Å². The second-order valence-electron chi connectivity index (χ2n) is 7.49. The lowest BCUT2D eigenvalue weighted by molar-refractivity contribution is -0.122. The number of carbonyl (C=O) groups excluding carboxylic acids is 2. The van der Waals surface area contributed by atoms with Crippen LogP contribution in [0, 0.1) is 0 Å². The average molecular weight is 448 g/mol. The van der Waals surface area contributed by atoms with Crippen LogP contribution >= 0.6 is 0 Å². The summed E-state index contributed by atoms with van der Waals surface area (Å²) in [5.74, 6) is 0.336. The van der Waals surface area contributed by atoms with Crippen molar-refractivity contribution in [3.63, 3.8) is 0 Å². The summed E-state index contributed by atoms with van der Waals surface area (Å²) in [6.07, 6.45) is 0. The number of rotatable bonds is 9. The number of carbonyl (C=O) groups is 2. The van der Waals surface area contributed by atoms with Crippen molar-refractivity contribution in [1.29, 1.82) is 0 Å². The maximum atomic E-state index is 13.3. The SMILES string of the molecule is CCOC(=O)c1ccc(C(C)C(=O)NC(c2ccccc2OC)c2ccccc2OC)cc1.